The first-order chi connectivity index (χ1) is 8.69. The number of ether oxygens (including phenoxy) is 1. The third kappa shape index (κ3) is 4.99. The third-order valence-electron chi connectivity index (χ3n) is 2.32. The maximum Gasteiger partial charge on any atom is 0.573 e. The molecule has 0 saturated carbocycles. The van der Waals surface area contributed by atoms with Gasteiger partial charge in [0.2, 0.25) is 0 Å². The van der Waals surface area contributed by atoms with Gasteiger partial charge in [-0.15, -0.1) is 13.2 Å². The summed E-state index contributed by atoms with van der Waals surface area (Å²) < 4.78 is 39.4. The number of benzene rings is 1. The lowest BCUT2D eigenvalue weighted by Gasteiger charge is -2.09. The molecule has 0 radical (unpaired) electrons. The van der Waals surface area contributed by atoms with Crippen LogP contribution in [0, 0.1) is 5.92 Å². The molecular formula is C12H11F3O4. The molecule has 4 nitrogen and oxygen atoms in total. The number of carboxylic acid groups (broad SMARTS) is 1. The normalized spacial score (nSPS) is 12.8. The van der Waals surface area contributed by atoms with Crippen LogP contribution in [0.15, 0.2) is 24.3 Å². The standard InChI is InChI=1S/C12H11F3O4/c1-7(11(17)18)6-10(16)8-2-4-9(5-3-8)19-12(13,14)15/h2-5,7H,6H2,1H3,(H,17,18). The van der Waals surface area contributed by atoms with E-state index in [0.717, 1.165) is 24.3 Å². The maximum atomic E-state index is 11.9. The molecule has 0 aliphatic heterocycles. The van der Waals surface area contributed by atoms with E-state index in [4.69, 9.17) is 5.11 Å². The van der Waals surface area contributed by atoms with Gasteiger partial charge in [-0.2, -0.15) is 0 Å². The minimum Gasteiger partial charge on any atom is -0.481 e. The van der Waals surface area contributed by atoms with Gasteiger partial charge in [-0.1, -0.05) is 6.92 Å². The molecule has 19 heavy (non-hydrogen) atoms. The molecular weight excluding hydrogens is 265 g/mol. The highest BCUT2D eigenvalue weighted by atomic mass is 19.4. The van der Waals surface area contributed by atoms with Crippen molar-refractivity contribution in [2.75, 3.05) is 0 Å². The number of halogens is 3. The van der Waals surface area contributed by atoms with Gasteiger partial charge in [0.1, 0.15) is 5.75 Å². The summed E-state index contributed by atoms with van der Waals surface area (Å²) in [5.41, 5.74) is 0.141. The highest BCUT2D eigenvalue weighted by Crippen LogP contribution is 2.23. The van der Waals surface area contributed by atoms with E-state index in [9.17, 15) is 22.8 Å². The van der Waals surface area contributed by atoms with Crippen LogP contribution < -0.4 is 4.74 Å². The number of ketones is 1. The molecule has 7 heteroatoms. The van der Waals surface area contributed by atoms with Crippen molar-refractivity contribution in [3.8, 4) is 5.75 Å². The molecule has 0 aliphatic rings. The van der Waals surface area contributed by atoms with Gasteiger partial charge in [0.25, 0.3) is 0 Å². The second-order valence-corrected chi connectivity index (χ2v) is 3.94. The third-order valence-corrected chi connectivity index (χ3v) is 2.32. The van der Waals surface area contributed by atoms with Crippen LogP contribution in [0.4, 0.5) is 13.2 Å². The van der Waals surface area contributed by atoms with Crippen molar-refractivity contribution in [3.63, 3.8) is 0 Å². The van der Waals surface area contributed by atoms with Crippen molar-refractivity contribution in [3.05, 3.63) is 29.8 Å². The largest absolute Gasteiger partial charge is 0.573 e. The lowest BCUT2D eigenvalue weighted by atomic mass is 10.00. The minimum atomic E-state index is -4.79. The molecule has 1 N–H and O–H groups in total. The van der Waals surface area contributed by atoms with E-state index in [-0.39, 0.29) is 12.0 Å². The number of hydrogen-bond acceptors (Lipinski definition) is 3. The molecule has 0 aliphatic carbocycles. The number of aliphatic carboxylic acids is 1. The maximum absolute atomic E-state index is 11.9. The smallest absolute Gasteiger partial charge is 0.481 e. The summed E-state index contributed by atoms with van der Waals surface area (Å²) in [7, 11) is 0. The summed E-state index contributed by atoms with van der Waals surface area (Å²) >= 11 is 0. The molecule has 0 amide bonds. The van der Waals surface area contributed by atoms with Crippen LogP contribution in [0.5, 0.6) is 5.75 Å². The summed E-state index contributed by atoms with van der Waals surface area (Å²) in [4.78, 5) is 22.2. The van der Waals surface area contributed by atoms with E-state index in [1.54, 1.807) is 0 Å². The van der Waals surface area contributed by atoms with Gasteiger partial charge in [-0.25, -0.2) is 0 Å². The predicted octanol–water partition coefficient (Wildman–Crippen LogP) is 2.88. The van der Waals surface area contributed by atoms with Crippen LogP contribution in [0.1, 0.15) is 23.7 Å². The van der Waals surface area contributed by atoms with E-state index in [1.165, 1.54) is 6.92 Å². The highest BCUT2D eigenvalue weighted by Gasteiger charge is 2.31. The van der Waals surface area contributed by atoms with Gasteiger partial charge in [-0.3, -0.25) is 9.59 Å². The Kier molecular flexibility index (Phi) is 4.52. The average Bonchev–Trinajstić information content (AvgIpc) is 2.27. The van der Waals surface area contributed by atoms with Crippen molar-refractivity contribution >= 4 is 11.8 Å². The Balaban J connectivity index is 2.71. The molecule has 1 aromatic carbocycles. The first kappa shape index (κ1) is 15.0. The summed E-state index contributed by atoms with van der Waals surface area (Å²) in [6, 6.07) is 4.34. The number of carbonyl (C=O) groups excluding carboxylic acids is 1. The molecule has 1 aromatic rings. The fourth-order valence-corrected chi connectivity index (χ4v) is 1.33. The van der Waals surface area contributed by atoms with Crippen molar-refractivity contribution in [1.29, 1.82) is 0 Å². The van der Waals surface area contributed by atoms with Crippen LogP contribution >= 0.6 is 0 Å². The summed E-state index contributed by atoms with van der Waals surface area (Å²) in [5.74, 6) is -2.84. The summed E-state index contributed by atoms with van der Waals surface area (Å²) in [6.07, 6.45) is -5.00. The molecule has 1 atom stereocenters. The van der Waals surface area contributed by atoms with Gasteiger partial charge >= 0.3 is 12.3 Å². The van der Waals surface area contributed by atoms with E-state index in [0.29, 0.717) is 0 Å². The van der Waals surface area contributed by atoms with Gasteiger partial charge in [0.15, 0.2) is 5.78 Å². The number of carboxylic acids is 1. The molecule has 0 aromatic heterocycles. The Morgan fingerprint density at radius 2 is 1.79 bits per heavy atom. The van der Waals surface area contributed by atoms with Gasteiger partial charge < -0.3 is 9.84 Å². The Morgan fingerprint density at radius 1 is 1.26 bits per heavy atom. The van der Waals surface area contributed by atoms with E-state index in [2.05, 4.69) is 4.74 Å². The molecule has 0 fully saturated rings. The van der Waals surface area contributed by atoms with Crippen LogP contribution in [0.3, 0.4) is 0 Å². The van der Waals surface area contributed by atoms with Crippen molar-refractivity contribution in [2.45, 2.75) is 19.7 Å². The lowest BCUT2D eigenvalue weighted by molar-refractivity contribution is -0.274. The quantitative estimate of drug-likeness (QED) is 0.840. The van der Waals surface area contributed by atoms with E-state index < -0.39 is 29.8 Å². The number of carbonyl (C=O) groups is 2. The summed E-state index contributed by atoms with van der Waals surface area (Å²) in [5, 5.41) is 8.65. The average molecular weight is 276 g/mol. The van der Waals surface area contributed by atoms with Crippen molar-refractivity contribution in [2.24, 2.45) is 5.92 Å². The fourth-order valence-electron chi connectivity index (χ4n) is 1.33. The van der Waals surface area contributed by atoms with Crippen LogP contribution in [0.2, 0.25) is 0 Å². The van der Waals surface area contributed by atoms with Crippen molar-refractivity contribution < 1.29 is 32.6 Å². The topological polar surface area (TPSA) is 63.6 Å². The van der Waals surface area contributed by atoms with E-state index >= 15 is 0 Å². The Labute approximate surface area is 106 Å². The Hall–Kier alpha value is -2.05. The zero-order chi connectivity index (χ0) is 14.6. The molecule has 0 spiro atoms. The van der Waals surface area contributed by atoms with Crippen molar-refractivity contribution in [1.82, 2.24) is 0 Å². The second kappa shape index (κ2) is 5.73. The Morgan fingerprint density at radius 3 is 2.21 bits per heavy atom. The number of rotatable bonds is 5. The van der Waals surface area contributed by atoms with Crippen LogP contribution in [-0.2, 0) is 4.79 Å². The second-order valence-electron chi connectivity index (χ2n) is 3.94. The molecule has 0 bridgehead atoms. The zero-order valence-corrected chi connectivity index (χ0v) is 9.90. The molecule has 0 heterocycles. The van der Waals surface area contributed by atoms with Crippen LogP contribution in [-0.4, -0.2) is 23.2 Å². The fraction of sp³-hybridized carbons (Fsp3) is 0.333. The number of Topliss-reactive ketones (excluding diaryl/α,β-unsaturated/α-hetero) is 1. The highest BCUT2D eigenvalue weighted by molar-refractivity contribution is 5.97. The van der Waals surface area contributed by atoms with Gasteiger partial charge in [-0.05, 0) is 24.3 Å². The van der Waals surface area contributed by atoms with Gasteiger partial charge in [0.05, 0.1) is 5.92 Å². The molecule has 0 saturated heterocycles. The van der Waals surface area contributed by atoms with Crippen LogP contribution in [0.25, 0.3) is 0 Å². The first-order valence-electron chi connectivity index (χ1n) is 5.31. The zero-order valence-electron chi connectivity index (χ0n) is 9.90. The SMILES string of the molecule is CC(CC(=O)c1ccc(OC(F)(F)F)cc1)C(=O)O. The Bertz CT molecular complexity index is 465. The number of alkyl halides is 3. The molecule has 104 valence electrons. The molecule has 1 unspecified atom stereocenters. The predicted molar refractivity (Wildman–Crippen MR) is 58.9 cm³/mol. The molecule has 1 rings (SSSR count). The van der Waals surface area contributed by atoms with Gasteiger partial charge in [0, 0.05) is 12.0 Å². The number of hydrogen-bond donors (Lipinski definition) is 1. The van der Waals surface area contributed by atoms with E-state index in [1.807, 2.05) is 0 Å². The first-order valence-corrected chi connectivity index (χ1v) is 5.31. The summed E-state index contributed by atoms with van der Waals surface area (Å²) in [6.45, 7) is 1.38. The minimum absolute atomic E-state index is 0.141. The lowest BCUT2D eigenvalue weighted by Crippen LogP contribution is -2.17. The monoisotopic (exact) mass is 276 g/mol.